The minimum atomic E-state index is -1.10. The van der Waals surface area contributed by atoms with E-state index < -0.39 is 66.2 Å². The maximum absolute atomic E-state index is 14.6. The average Bonchev–Trinajstić information content (AvgIpc) is 4.00. The first-order valence-electron chi connectivity index (χ1n) is 27.2. The van der Waals surface area contributed by atoms with Crippen molar-refractivity contribution in [2.24, 2.45) is 23.5 Å². The molecule has 3 aliphatic rings. The van der Waals surface area contributed by atoms with Gasteiger partial charge in [-0.25, -0.2) is 4.98 Å². The highest BCUT2D eigenvalue weighted by Gasteiger charge is 2.40. The average molecular weight is 1080 g/mol. The van der Waals surface area contributed by atoms with Crippen molar-refractivity contribution < 1.29 is 53.3 Å². The largest absolute Gasteiger partial charge is 0.481 e. The molecule has 76 heavy (non-hydrogen) atoms. The first-order chi connectivity index (χ1) is 36.1. The number of aliphatic hydroxyl groups excluding tert-OH is 1. The number of hydrogen-bond donors (Lipinski definition) is 7. The number of esters is 1. The second-order valence-corrected chi connectivity index (χ2v) is 22.2. The number of likely N-dealkylation sites (N-methyl/N-ethyl adjacent to an activating group) is 2. The van der Waals surface area contributed by atoms with Gasteiger partial charge in [-0.15, -0.1) is 11.3 Å². The number of hydrogen-bond acceptors (Lipinski definition) is 15. The van der Waals surface area contributed by atoms with Gasteiger partial charge in [-0.3, -0.25) is 53.5 Å². The van der Waals surface area contributed by atoms with Crippen molar-refractivity contribution >= 4 is 64.4 Å². The molecule has 1 fully saturated rings. The number of nitrogens with two attached hydrogens (primary N) is 1. The number of carboxylic acid groups (broad SMARTS) is 1. The predicted molar refractivity (Wildman–Crippen MR) is 289 cm³/mol. The molecule has 420 valence electrons. The molecule has 3 heterocycles. The van der Waals surface area contributed by atoms with Gasteiger partial charge in [0.05, 0.1) is 18.0 Å². The third kappa shape index (κ3) is 16.9. The van der Waals surface area contributed by atoms with E-state index in [0.717, 1.165) is 24.3 Å². The molecule has 10 unspecified atom stereocenters. The number of aliphatic carboxylic acids is 1. The van der Waals surface area contributed by atoms with Crippen LogP contribution in [0.1, 0.15) is 164 Å². The Labute approximate surface area is 451 Å². The van der Waals surface area contributed by atoms with Crippen molar-refractivity contribution in [3.63, 3.8) is 0 Å². The van der Waals surface area contributed by atoms with Crippen LogP contribution in [-0.4, -0.2) is 147 Å². The fourth-order valence-electron chi connectivity index (χ4n) is 10.5. The quantitative estimate of drug-likeness (QED) is 0.0244. The van der Waals surface area contributed by atoms with Crippen LogP contribution < -0.4 is 27.0 Å². The maximum atomic E-state index is 14.6. The number of likely N-dealkylation sites (tertiary alicyclic amines) is 1. The molecule has 8 N–H and O–H groups in total. The summed E-state index contributed by atoms with van der Waals surface area (Å²) in [6.07, 6.45) is 7.29. The number of anilines is 1. The normalized spacial score (nSPS) is 21.0. The molecular weight excluding hydrogens is 995 g/mol. The number of carbonyl (C=O) groups excluding carboxylic acids is 7. The summed E-state index contributed by atoms with van der Waals surface area (Å²) in [5.74, 6) is -4.57. The van der Waals surface area contributed by atoms with Crippen molar-refractivity contribution in [1.29, 1.82) is 0 Å². The van der Waals surface area contributed by atoms with E-state index in [4.69, 9.17) is 10.5 Å². The lowest BCUT2D eigenvalue weighted by atomic mass is 9.79. The number of piperidine rings is 1. The number of fused-ring (bicyclic) bond motifs is 1. The maximum Gasteiger partial charge on any atom is 0.311 e. The van der Waals surface area contributed by atoms with E-state index in [1.54, 1.807) is 28.5 Å². The van der Waals surface area contributed by atoms with E-state index in [0.29, 0.717) is 112 Å². The summed E-state index contributed by atoms with van der Waals surface area (Å²) >= 11 is 1.14. The van der Waals surface area contributed by atoms with Crippen LogP contribution in [0.2, 0.25) is 0 Å². The number of unbranched alkanes of at least 4 members (excludes halogenated alkanes) is 3. The van der Waals surface area contributed by atoms with E-state index in [2.05, 4.69) is 33.2 Å². The molecular formula is C55H83N9O11S. The molecule has 0 spiro atoms. The zero-order chi connectivity index (χ0) is 55.8. The highest BCUT2D eigenvalue weighted by molar-refractivity contribution is 7.09. The van der Waals surface area contributed by atoms with Gasteiger partial charge in [-0.2, -0.15) is 0 Å². The number of carbonyl (C=O) groups is 8. The van der Waals surface area contributed by atoms with Crippen molar-refractivity contribution in [3.05, 3.63) is 57.6 Å². The van der Waals surface area contributed by atoms with Gasteiger partial charge in [-0.05, 0) is 126 Å². The monoisotopic (exact) mass is 1080 g/mol. The van der Waals surface area contributed by atoms with Gasteiger partial charge >= 0.3 is 11.9 Å². The Morgan fingerprint density at radius 3 is 2.34 bits per heavy atom. The minimum Gasteiger partial charge on any atom is -0.481 e. The van der Waals surface area contributed by atoms with Gasteiger partial charge in [0, 0.05) is 61.7 Å². The van der Waals surface area contributed by atoms with Crippen LogP contribution in [0, 0.1) is 17.8 Å². The molecule has 20 nitrogen and oxygen atoms in total. The molecule has 10 atom stereocenters. The first kappa shape index (κ1) is 61.2. The summed E-state index contributed by atoms with van der Waals surface area (Å²) in [6, 6.07) is 2.12. The van der Waals surface area contributed by atoms with Crippen molar-refractivity contribution in [2.75, 3.05) is 38.5 Å². The molecule has 0 saturated carbocycles. The number of nitrogens with one attached hydrogen (secondary N) is 4. The van der Waals surface area contributed by atoms with Crippen molar-refractivity contribution in [2.45, 2.75) is 180 Å². The number of thiazole rings is 1. The van der Waals surface area contributed by atoms with Crippen molar-refractivity contribution in [1.82, 2.24) is 35.6 Å². The minimum absolute atomic E-state index is 0.0566. The SMILES string of the molecule is CCC(C)C(NC(=O)C1CC(C)CCN1C)C(=O)N(CC)C(CC(OC(C)=O)c1nc(C(=O)NC2Cc3ccc(NC(=O)C(CCCCN)NC(O)CCCCCN4C(=O)C=CC4=O)cc3C(C(=O)O)C2)cs1)C(C)C. The Balaban J connectivity index is 1.23. The van der Waals surface area contributed by atoms with Gasteiger partial charge in [0.25, 0.3) is 17.7 Å². The standard InChI is InChI=1S/C55H83N9O11S/c1-9-34(6)49(61-52(71)44-26-33(5)22-25-62(44)8)54(72)63(10-2)43(32(3)4)30-45(75-35(7)65)53-60-42(31-76-53)51(70)58-38-27-36-18-19-37(28-39(36)40(29-38)55(73)74)57-50(69)41(16-13-14-23-56)59-46(66)17-12-11-15-24-64-47(67)20-21-48(64)68/h18-21,28,31-34,38,40-41,43-46,49,59,66H,9-17,22-27,29-30,56H2,1-8H3,(H,57,69)(H,58,70)(H,61,71)(H,73,74). The molecule has 1 aromatic carbocycles. The van der Waals surface area contributed by atoms with E-state index in [1.807, 2.05) is 46.6 Å². The molecule has 2 aromatic rings. The number of benzene rings is 1. The van der Waals surface area contributed by atoms with Crippen LogP contribution in [0.4, 0.5) is 5.69 Å². The highest BCUT2D eigenvalue weighted by Crippen LogP contribution is 2.36. The fourth-order valence-corrected chi connectivity index (χ4v) is 11.3. The molecule has 6 amide bonds. The molecule has 0 radical (unpaired) electrons. The second kappa shape index (κ2) is 29.2. The number of aliphatic hydroxyl groups is 1. The number of carboxylic acids is 1. The molecule has 0 bridgehead atoms. The topological polar surface area (TPSA) is 283 Å². The van der Waals surface area contributed by atoms with Crippen LogP contribution in [0.15, 0.2) is 35.7 Å². The first-order valence-corrected chi connectivity index (χ1v) is 28.1. The summed E-state index contributed by atoms with van der Waals surface area (Å²) < 4.78 is 5.87. The zero-order valence-electron chi connectivity index (χ0n) is 45.7. The van der Waals surface area contributed by atoms with E-state index in [1.165, 1.54) is 24.0 Å². The third-order valence-electron chi connectivity index (χ3n) is 15.1. The number of aromatic nitrogens is 1. The highest BCUT2D eigenvalue weighted by atomic mass is 32.1. The Kier molecular flexibility index (Phi) is 23.5. The zero-order valence-corrected chi connectivity index (χ0v) is 46.5. The number of imide groups is 1. The van der Waals surface area contributed by atoms with Crippen LogP contribution >= 0.6 is 11.3 Å². The Morgan fingerprint density at radius 2 is 1.70 bits per heavy atom. The number of ether oxygens (including phenoxy) is 1. The summed E-state index contributed by atoms with van der Waals surface area (Å²) in [5, 5.41) is 35.3. The van der Waals surface area contributed by atoms with E-state index in [-0.39, 0.29) is 60.0 Å². The van der Waals surface area contributed by atoms with Gasteiger partial charge in [0.1, 0.15) is 23.0 Å². The number of amides is 6. The predicted octanol–water partition coefficient (Wildman–Crippen LogP) is 5.01. The van der Waals surface area contributed by atoms with Crippen LogP contribution in [0.5, 0.6) is 0 Å². The summed E-state index contributed by atoms with van der Waals surface area (Å²) in [5.41, 5.74) is 7.34. The molecule has 5 rings (SSSR count). The van der Waals surface area contributed by atoms with Gasteiger partial charge in [-0.1, -0.05) is 59.9 Å². The smallest absolute Gasteiger partial charge is 0.311 e. The second-order valence-electron chi connectivity index (χ2n) is 21.3. The molecule has 1 aliphatic carbocycles. The molecule has 21 heteroatoms. The van der Waals surface area contributed by atoms with Crippen molar-refractivity contribution in [3.8, 4) is 0 Å². The molecule has 1 saturated heterocycles. The van der Waals surface area contributed by atoms with Crippen LogP contribution in [0.3, 0.4) is 0 Å². The summed E-state index contributed by atoms with van der Waals surface area (Å²) in [6.45, 7) is 15.1. The lowest BCUT2D eigenvalue weighted by Crippen LogP contribution is -2.59. The number of rotatable bonds is 29. The van der Waals surface area contributed by atoms with Gasteiger partial charge in [0.2, 0.25) is 17.7 Å². The Bertz CT molecular complexity index is 2360. The number of nitrogens with zero attached hydrogens (tertiary/aromatic N) is 4. The van der Waals surface area contributed by atoms with Crippen LogP contribution in [0.25, 0.3) is 0 Å². The summed E-state index contributed by atoms with van der Waals surface area (Å²) in [7, 11) is 1.94. The summed E-state index contributed by atoms with van der Waals surface area (Å²) in [4.78, 5) is 115. The molecule has 2 aliphatic heterocycles. The Hall–Kier alpha value is -5.61. The van der Waals surface area contributed by atoms with E-state index in [9.17, 15) is 48.6 Å². The van der Waals surface area contributed by atoms with Gasteiger partial charge in [0.15, 0.2) is 6.10 Å². The third-order valence-corrected chi connectivity index (χ3v) is 16.1. The Morgan fingerprint density at radius 1 is 0.987 bits per heavy atom. The van der Waals surface area contributed by atoms with E-state index >= 15 is 0 Å². The molecule has 1 aromatic heterocycles. The van der Waals surface area contributed by atoms with Gasteiger partial charge < -0.3 is 41.5 Å². The lowest BCUT2D eigenvalue weighted by Gasteiger charge is -2.40. The fraction of sp³-hybridized carbons (Fsp3) is 0.655. The van der Waals surface area contributed by atoms with Crippen LogP contribution in [-0.2, 0) is 44.7 Å². The lowest BCUT2D eigenvalue weighted by molar-refractivity contribution is -0.150.